The van der Waals surface area contributed by atoms with Gasteiger partial charge in [-0.05, 0) is 42.2 Å². The molecule has 0 aliphatic heterocycles. The van der Waals surface area contributed by atoms with E-state index in [2.05, 4.69) is 0 Å². The minimum Gasteiger partial charge on any atom is -0.299 e. The number of hydrogen-bond donors (Lipinski definition) is 0. The highest BCUT2D eigenvalue weighted by Gasteiger charge is 2.64. The van der Waals surface area contributed by atoms with Crippen molar-refractivity contribution in [3.8, 4) is 0 Å². The van der Waals surface area contributed by atoms with Gasteiger partial charge in [-0.15, -0.1) is 0 Å². The predicted molar refractivity (Wildman–Crippen MR) is 54.0 cm³/mol. The number of halogens is 1. The summed E-state index contributed by atoms with van der Waals surface area (Å²) in [6, 6.07) is 0. The maximum absolute atomic E-state index is 11.9. The molecule has 0 radical (unpaired) electrons. The van der Waals surface area contributed by atoms with Crippen LogP contribution in [-0.2, 0) is 9.59 Å². The van der Waals surface area contributed by atoms with Gasteiger partial charge >= 0.3 is 0 Å². The number of carbonyl (C=O) groups is 2. The highest BCUT2D eigenvalue weighted by molar-refractivity contribution is 6.66. The van der Waals surface area contributed by atoms with Crippen molar-refractivity contribution >= 4 is 22.6 Å². The predicted octanol–water partition coefficient (Wildman–Crippen LogP) is 2.54. The zero-order chi connectivity index (χ0) is 10.6. The molecule has 0 saturated heterocycles. The fraction of sp³-hybridized carbons (Fsp3) is 0.818. The molecular weight excluding hydrogens is 200 g/mol. The lowest BCUT2D eigenvalue weighted by Gasteiger charge is -2.44. The summed E-state index contributed by atoms with van der Waals surface area (Å²) in [6.07, 6.45) is 3.09. The van der Waals surface area contributed by atoms with E-state index in [-0.39, 0.29) is 11.2 Å². The number of ketones is 1. The monoisotopic (exact) mass is 214 g/mol. The molecule has 0 unspecified atom stereocenters. The highest BCUT2D eigenvalue weighted by Crippen LogP contribution is 2.62. The molecule has 0 aromatic rings. The summed E-state index contributed by atoms with van der Waals surface area (Å²) < 4.78 is 0. The van der Waals surface area contributed by atoms with Gasteiger partial charge in [-0.1, -0.05) is 13.8 Å². The van der Waals surface area contributed by atoms with Crippen LogP contribution in [0.1, 0.15) is 39.5 Å². The van der Waals surface area contributed by atoms with Gasteiger partial charge in [0.25, 0.3) is 0 Å². The van der Waals surface area contributed by atoms with Crippen LogP contribution in [0.15, 0.2) is 0 Å². The lowest BCUT2D eigenvalue weighted by atomic mass is 9.58. The Morgan fingerprint density at radius 3 is 2.57 bits per heavy atom. The maximum atomic E-state index is 11.9. The largest absolute Gasteiger partial charge is 0.299 e. The molecule has 0 N–H and O–H groups in total. The Kier molecular flexibility index (Phi) is 2.04. The van der Waals surface area contributed by atoms with Crippen molar-refractivity contribution in [2.75, 3.05) is 0 Å². The Hall–Kier alpha value is -0.370. The van der Waals surface area contributed by atoms with Crippen LogP contribution in [0.4, 0.5) is 0 Å². The van der Waals surface area contributed by atoms with E-state index in [0.29, 0.717) is 18.8 Å². The Bertz CT molecular complexity index is 308. The number of carbonyl (C=O) groups excluding carboxylic acids is 2. The van der Waals surface area contributed by atoms with Gasteiger partial charge in [-0.2, -0.15) is 0 Å². The molecule has 0 amide bonds. The quantitative estimate of drug-likeness (QED) is 0.497. The zero-order valence-electron chi connectivity index (χ0n) is 8.60. The topological polar surface area (TPSA) is 34.1 Å². The van der Waals surface area contributed by atoms with Gasteiger partial charge in [-0.25, -0.2) is 0 Å². The van der Waals surface area contributed by atoms with E-state index in [1.165, 1.54) is 0 Å². The van der Waals surface area contributed by atoms with Crippen LogP contribution in [-0.4, -0.2) is 11.0 Å². The number of rotatable bonds is 1. The molecule has 78 valence electrons. The maximum Gasteiger partial charge on any atom is 0.235 e. The average Bonchev–Trinajstić information content (AvgIpc) is 2.26. The average molecular weight is 215 g/mol. The third kappa shape index (κ3) is 0.928. The summed E-state index contributed by atoms with van der Waals surface area (Å²) in [4.78, 5) is 23.5. The van der Waals surface area contributed by atoms with E-state index in [1.807, 2.05) is 13.8 Å². The second-order valence-corrected chi connectivity index (χ2v) is 5.44. The summed E-state index contributed by atoms with van der Waals surface area (Å²) in [5.41, 5.74) is -1.10. The van der Waals surface area contributed by atoms with Crippen LogP contribution >= 0.6 is 11.6 Å². The van der Waals surface area contributed by atoms with Gasteiger partial charge in [-0.3, -0.25) is 9.59 Å². The normalized spacial score (nSPS) is 39.9. The van der Waals surface area contributed by atoms with Crippen molar-refractivity contribution in [3.05, 3.63) is 0 Å². The van der Waals surface area contributed by atoms with Gasteiger partial charge < -0.3 is 0 Å². The zero-order valence-corrected chi connectivity index (χ0v) is 9.36. The van der Waals surface area contributed by atoms with Crippen LogP contribution in [0.3, 0.4) is 0 Å². The molecule has 2 bridgehead atoms. The molecule has 14 heavy (non-hydrogen) atoms. The van der Waals surface area contributed by atoms with Gasteiger partial charge in [0.15, 0.2) is 0 Å². The first kappa shape index (κ1) is 10.2. The highest BCUT2D eigenvalue weighted by atomic mass is 35.5. The van der Waals surface area contributed by atoms with E-state index >= 15 is 0 Å². The summed E-state index contributed by atoms with van der Waals surface area (Å²) in [5.74, 6) is 0.555. The summed E-state index contributed by atoms with van der Waals surface area (Å²) in [5, 5.41) is -0.435. The van der Waals surface area contributed by atoms with Crippen molar-refractivity contribution in [3.63, 3.8) is 0 Å². The van der Waals surface area contributed by atoms with E-state index in [4.69, 9.17) is 11.6 Å². The second-order valence-electron chi connectivity index (χ2n) is 5.10. The van der Waals surface area contributed by atoms with E-state index < -0.39 is 10.7 Å². The molecule has 0 aromatic carbocycles. The standard InChI is InChI=1S/C11H15ClO2/c1-10(2)7-3-4-8(13)11(10,6-5-7)9(12)14/h7H,3-6H2,1-2H3/t7-,11-/m0/s1. The molecule has 0 aromatic heterocycles. The van der Waals surface area contributed by atoms with Crippen LogP contribution in [0.25, 0.3) is 0 Å². The van der Waals surface area contributed by atoms with Crippen LogP contribution in [0.5, 0.6) is 0 Å². The third-order valence-corrected chi connectivity index (χ3v) is 4.84. The smallest absolute Gasteiger partial charge is 0.235 e. The Labute approximate surface area is 89.0 Å². The molecule has 2 fully saturated rings. The van der Waals surface area contributed by atoms with Crippen molar-refractivity contribution in [1.29, 1.82) is 0 Å². The fourth-order valence-electron chi connectivity index (χ4n) is 3.41. The molecular formula is C11H15ClO2. The first-order valence-corrected chi connectivity index (χ1v) is 5.54. The third-order valence-electron chi connectivity index (χ3n) is 4.52. The molecule has 3 heteroatoms. The molecule has 2 atom stereocenters. The van der Waals surface area contributed by atoms with E-state index in [9.17, 15) is 9.59 Å². The lowest BCUT2D eigenvalue weighted by molar-refractivity contribution is -0.147. The number of Topliss-reactive ketones (excluding diaryl/α,β-unsaturated/α-hetero) is 1. The van der Waals surface area contributed by atoms with Crippen LogP contribution < -0.4 is 0 Å². The Morgan fingerprint density at radius 2 is 2.07 bits per heavy atom. The van der Waals surface area contributed by atoms with Crippen molar-refractivity contribution in [2.45, 2.75) is 39.5 Å². The van der Waals surface area contributed by atoms with Crippen molar-refractivity contribution in [1.82, 2.24) is 0 Å². The first-order chi connectivity index (χ1) is 6.43. The van der Waals surface area contributed by atoms with Gasteiger partial charge in [0.1, 0.15) is 11.2 Å². The first-order valence-electron chi connectivity index (χ1n) is 5.16. The van der Waals surface area contributed by atoms with Gasteiger partial charge in [0.05, 0.1) is 0 Å². The summed E-state index contributed by atoms with van der Waals surface area (Å²) >= 11 is 5.66. The van der Waals surface area contributed by atoms with Gasteiger partial charge in [0.2, 0.25) is 5.24 Å². The minimum absolute atomic E-state index is 0.0660. The Balaban J connectivity index is 2.54. The SMILES string of the molecule is CC1(C)[C@H]2CCC(=O)[C@]1(C(=O)Cl)CC2. The molecule has 0 spiro atoms. The molecule has 2 nitrogen and oxygen atoms in total. The minimum atomic E-state index is -0.864. The molecule has 0 heterocycles. The molecule has 2 aliphatic carbocycles. The van der Waals surface area contributed by atoms with Crippen LogP contribution in [0, 0.1) is 16.7 Å². The fourth-order valence-corrected chi connectivity index (χ4v) is 3.85. The summed E-state index contributed by atoms with van der Waals surface area (Å²) in [7, 11) is 0. The van der Waals surface area contributed by atoms with E-state index in [1.54, 1.807) is 0 Å². The molecule has 2 rings (SSSR count). The van der Waals surface area contributed by atoms with Crippen LogP contribution in [0.2, 0.25) is 0 Å². The van der Waals surface area contributed by atoms with E-state index in [0.717, 1.165) is 12.8 Å². The molecule has 2 saturated carbocycles. The van der Waals surface area contributed by atoms with Gasteiger partial charge in [0, 0.05) is 6.42 Å². The lowest BCUT2D eigenvalue weighted by Crippen LogP contribution is -2.50. The van der Waals surface area contributed by atoms with Crippen molar-refractivity contribution < 1.29 is 9.59 Å². The Morgan fingerprint density at radius 1 is 1.43 bits per heavy atom. The number of fused-ring (bicyclic) bond motifs is 2. The van der Waals surface area contributed by atoms with Crippen molar-refractivity contribution in [2.24, 2.45) is 16.7 Å². The number of hydrogen-bond acceptors (Lipinski definition) is 2. The summed E-state index contributed by atoms with van der Waals surface area (Å²) in [6.45, 7) is 4.03. The second kappa shape index (κ2) is 2.82. The molecule has 2 aliphatic rings.